The first-order valence-corrected chi connectivity index (χ1v) is 8.33. The van der Waals surface area contributed by atoms with Crippen LogP contribution in [0.15, 0.2) is 29.3 Å². The second kappa shape index (κ2) is 12.2. The van der Waals surface area contributed by atoms with Crippen molar-refractivity contribution in [3.05, 3.63) is 34.7 Å². The van der Waals surface area contributed by atoms with Crippen molar-refractivity contribution in [3.8, 4) is 0 Å². The van der Waals surface area contributed by atoms with Crippen LogP contribution < -0.4 is 5.43 Å². The maximum Gasteiger partial charge on any atom is 0.290 e. The number of nitrogens with zero attached hydrogens (tertiary/aromatic N) is 3. The van der Waals surface area contributed by atoms with Gasteiger partial charge in [0, 0.05) is 64.4 Å². The van der Waals surface area contributed by atoms with E-state index in [0.29, 0.717) is 6.54 Å². The summed E-state index contributed by atoms with van der Waals surface area (Å²) in [5.41, 5.74) is -0.0363. The topological polar surface area (TPSA) is 92.1 Å². The highest BCUT2D eigenvalue weighted by Gasteiger charge is 2.20. The SMILES string of the molecule is COCCCCN1CCN(C(=O)Cn2ccc(=O)cc2)CC1.O=CO. The third-order valence-electron chi connectivity index (χ3n) is 3.98. The molecule has 1 aliphatic heterocycles. The van der Waals surface area contributed by atoms with Gasteiger partial charge in [-0.15, -0.1) is 0 Å². The minimum absolute atomic E-state index is 0.0363. The van der Waals surface area contributed by atoms with Crippen molar-refractivity contribution in [2.75, 3.05) is 46.4 Å². The zero-order valence-corrected chi connectivity index (χ0v) is 14.7. The number of aromatic nitrogens is 1. The summed E-state index contributed by atoms with van der Waals surface area (Å²) in [5, 5.41) is 6.89. The number of carbonyl (C=O) groups excluding carboxylic acids is 1. The van der Waals surface area contributed by atoms with Gasteiger partial charge >= 0.3 is 0 Å². The molecule has 0 spiro atoms. The second-order valence-electron chi connectivity index (χ2n) is 5.73. The van der Waals surface area contributed by atoms with Crippen molar-refractivity contribution in [3.63, 3.8) is 0 Å². The fourth-order valence-corrected chi connectivity index (χ4v) is 2.61. The highest BCUT2D eigenvalue weighted by Crippen LogP contribution is 2.05. The summed E-state index contributed by atoms with van der Waals surface area (Å²) in [6.07, 6.45) is 5.54. The zero-order valence-electron chi connectivity index (χ0n) is 14.7. The Labute approximate surface area is 147 Å². The van der Waals surface area contributed by atoms with Crippen LogP contribution >= 0.6 is 0 Å². The lowest BCUT2D eigenvalue weighted by molar-refractivity contribution is -0.133. The molecule has 1 aromatic heterocycles. The number of hydrogen-bond donors (Lipinski definition) is 1. The predicted octanol–water partition coefficient (Wildman–Crippen LogP) is 0.120. The number of ether oxygens (including phenoxy) is 1. The first kappa shape index (κ1) is 20.9. The Morgan fingerprint density at radius 1 is 1.20 bits per heavy atom. The highest BCUT2D eigenvalue weighted by molar-refractivity contribution is 5.76. The van der Waals surface area contributed by atoms with E-state index in [-0.39, 0.29) is 17.8 Å². The molecule has 0 aliphatic carbocycles. The van der Waals surface area contributed by atoms with Crippen LogP contribution in [0.3, 0.4) is 0 Å². The van der Waals surface area contributed by atoms with E-state index in [1.54, 1.807) is 24.1 Å². The maximum absolute atomic E-state index is 12.3. The molecule has 0 unspecified atom stereocenters. The van der Waals surface area contributed by atoms with E-state index in [0.717, 1.165) is 52.2 Å². The van der Waals surface area contributed by atoms with Crippen molar-refractivity contribution in [1.82, 2.24) is 14.4 Å². The molecule has 0 bridgehead atoms. The van der Waals surface area contributed by atoms with Crippen LogP contribution in [0.25, 0.3) is 0 Å². The number of methoxy groups -OCH3 is 1. The predicted molar refractivity (Wildman–Crippen MR) is 93.5 cm³/mol. The van der Waals surface area contributed by atoms with Crippen LogP contribution in [-0.4, -0.2) is 78.3 Å². The molecule has 1 fully saturated rings. The summed E-state index contributed by atoms with van der Waals surface area (Å²) in [6, 6.07) is 2.95. The number of carbonyl (C=O) groups is 2. The molecule has 0 aromatic carbocycles. The average molecular weight is 353 g/mol. The number of amides is 1. The molecule has 8 heteroatoms. The van der Waals surface area contributed by atoms with E-state index in [4.69, 9.17) is 14.6 Å². The number of pyridine rings is 1. The number of rotatable bonds is 7. The first-order valence-electron chi connectivity index (χ1n) is 8.33. The summed E-state index contributed by atoms with van der Waals surface area (Å²) in [4.78, 5) is 36.0. The van der Waals surface area contributed by atoms with E-state index in [9.17, 15) is 9.59 Å². The molecule has 140 valence electrons. The summed E-state index contributed by atoms with van der Waals surface area (Å²) in [6.45, 7) is 5.37. The van der Waals surface area contributed by atoms with Crippen LogP contribution in [-0.2, 0) is 20.9 Å². The van der Waals surface area contributed by atoms with Gasteiger partial charge < -0.3 is 19.3 Å². The molecule has 25 heavy (non-hydrogen) atoms. The van der Waals surface area contributed by atoms with E-state index in [2.05, 4.69) is 4.90 Å². The van der Waals surface area contributed by atoms with Crippen LogP contribution in [0.4, 0.5) is 0 Å². The Morgan fingerprint density at radius 3 is 2.36 bits per heavy atom. The molecule has 1 amide bonds. The molecule has 1 aromatic rings. The molecule has 0 radical (unpaired) electrons. The average Bonchev–Trinajstić information content (AvgIpc) is 2.62. The minimum Gasteiger partial charge on any atom is -0.483 e. The van der Waals surface area contributed by atoms with Crippen molar-refractivity contribution < 1.29 is 19.4 Å². The van der Waals surface area contributed by atoms with Crippen LogP contribution in [0.2, 0.25) is 0 Å². The lowest BCUT2D eigenvalue weighted by atomic mass is 10.2. The molecule has 0 saturated carbocycles. The van der Waals surface area contributed by atoms with Crippen molar-refractivity contribution in [2.24, 2.45) is 0 Å². The third-order valence-corrected chi connectivity index (χ3v) is 3.98. The summed E-state index contributed by atoms with van der Waals surface area (Å²) < 4.78 is 6.80. The number of hydrogen-bond acceptors (Lipinski definition) is 5. The molecular formula is C17H27N3O5. The largest absolute Gasteiger partial charge is 0.483 e. The molecule has 2 heterocycles. The van der Waals surface area contributed by atoms with Gasteiger partial charge in [0.1, 0.15) is 6.54 Å². The lowest BCUT2D eigenvalue weighted by Gasteiger charge is -2.34. The van der Waals surface area contributed by atoms with Crippen LogP contribution in [0.1, 0.15) is 12.8 Å². The number of unbranched alkanes of at least 4 members (excludes halogenated alkanes) is 1. The highest BCUT2D eigenvalue weighted by atomic mass is 16.5. The van der Waals surface area contributed by atoms with Gasteiger partial charge in [-0.1, -0.05) is 0 Å². The summed E-state index contributed by atoms with van der Waals surface area (Å²) in [7, 11) is 1.73. The quantitative estimate of drug-likeness (QED) is 0.553. The first-order chi connectivity index (χ1) is 12.1. The maximum atomic E-state index is 12.3. The molecule has 1 saturated heterocycles. The normalized spacial score (nSPS) is 14.5. The zero-order chi connectivity index (χ0) is 18.5. The van der Waals surface area contributed by atoms with Gasteiger partial charge in [0.15, 0.2) is 5.43 Å². The summed E-state index contributed by atoms with van der Waals surface area (Å²) >= 11 is 0. The van der Waals surface area contributed by atoms with Gasteiger partial charge in [0.05, 0.1) is 0 Å². The van der Waals surface area contributed by atoms with Gasteiger partial charge in [-0.25, -0.2) is 0 Å². The fraction of sp³-hybridized carbons (Fsp3) is 0.588. The Bertz CT molecular complexity index is 547. The van der Waals surface area contributed by atoms with Gasteiger partial charge in [0.25, 0.3) is 6.47 Å². The third kappa shape index (κ3) is 8.46. The van der Waals surface area contributed by atoms with Gasteiger partial charge in [-0.05, 0) is 19.4 Å². The summed E-state index contributed by atoms with van der Waals surface area (Å²) in [5.74, 6) is 0.114. The molecule has 2 rings (SSSR count). The second-order valence-corrected chi connectivity index (χ2v) is 5.73. The standard InChI is InChI=1S/C16H25N3O3.CH2O2/c1-22-13-3-2-6-17-9-11-19(12-10-17)16(21)14-18-7-4-15(20)5-8-18;2-1-3/h4-5,7-8H,2-3,6,9-14H2,1H3;1H,(H,2,3). The number of piperazine rings is 1. The van der Waals surface area contributed by atoms with Crippen LogP contribution in [0, 0.1) is 0 Å². The fourth-order valence-electron chi connectivity index (χ4n) is 2.61. The van der Waals surface area contributed by atoms with Gasteiger partial charge in [-0.3, -0.25) is 19.3 Å². The Kier molecular flexibility index (Phi) is 10.2. The van der Waals surface area contributed by atoms with Crippen LogP contribution in [0.5, 0.6) is 0 Å². The van der Waals surface area contributed by atoms with E-state index in [1.165, 1.54) is 12.1 Å². The number of carboxylic acid groups (broad SMARTS) is 1. The van der Waals surface area contributed by atoms with Crippen molar-refractivity contribution in [1.29, 1.82) is 0 Å². The minimum atomic E-state index is -0.250. The van der Waals surface area contributed by atoms with E-state index in [1.807, 2.05) is 4.90 Å². The van der Waals surface area contributed by atoms with Gasteiger partial charge in [0.2, 0.25) is 5.91 Å². The molecule has 1 N–H and O–H groups in total. The molecule has 1 aliphatic rings. The monoisotopic (exact) mass is 353 g/mol. The Hall–Kier alpha value is -2.19. The molecule has 0 atom stereocenters. The van der Waals surface area contributed by atoms with E-state index >= 15 is 0 Å². The van der Waals surface area contributed by atoms with Crippen molar-refractivity contribution in [2.45, 2.75) is 19.4 Å². The molecular weight excluding hydrogens is 326 g/mol. The Morgan fingerprint density at radius 2 is 1.80 bits per heavy atom. The lowest BCUT2D eigenvalue weighted by Crippen LogP contribution is -2.49. The smallest absolute Gasteiger partial charge is 0.290 e. The van der Waals surface area contributed by atoms with Crippen molar-refractivity contribution >= 4 is 12.4 Å². The van der Waals surface area contributed by atoms with E-state index < -0.39 is 0 Å². The Balaban J connectivity index is 0.000000970. The molecule has 8 nitrogen and oxygen atoms in total. The van der Waals surface area contributed by atoms with Gasteiger partial charge in [-0.2, -0.15) is 0 Å².